The Labute approximate surface area is 201 Å². The fourth-order valence-electron chi connectivity index (χ4n) is 3.62. The number of fused-ring (bicyclic) bond motifs is 1. The second-order valence-corrected chi connectivity index (χ2v) is 7.56. The van der Waals surface area contributed by atoms with Crippen LogP contribution >= 0.6 is 0 Å². The van der Waals surface area contributed by atoms with Crippen molar-refractivity contribution >= 4 is 34.1 Å². The monoisotopic (exact) mass is 471 g/mol. The first kappa shape index (κ1) is 23.6. The number of ether oxygens (including phenoxy) is 2. The van der Waals surface area contributed by atoms with Gasteiger partial charge in [-0.15, -0.1) is 0 Å². The van der Waals surface area contributed by atoms with Crippen LogP contribution in [0.5, 0.6) is 11.5 Å². The summed E-state index contributed by atoms with van der Waals surface area (Å²) in [4.78, 5) is 41.6. The van der Waals surface area contributed by atoms with Crippen LogP contribution in [-0.4, -0.2) is 30.0 Å². The maximum absolute atomic E-state index is 13.1. The number of pyridine rings is 1. The lowest BCUT2D eigenvalue weighted by Crippen LogP contribution is -2.22. The predicted molar refractivity (Wildman–Crippen MR) is 136 cm³/mol. The zero-order chi connectivity index (χ0) is 24.8. The molecule has 0 unspecified atom stereocenters. The fraction of sp³-hybridized carbons (Fsp3) is 0.148. The second kappa shape index (κ2) is 10.6. The lowest BCUT2D eigenvalue weighted by molar-refractivity contribution is 0.101. The Morgan fingerprint density at radius 3 is 2.00 bits per heavy atom. The quantitative estimate of drug-likeness (QED) is 0.341. The smallest absolute Gasteiger partial charge is 0.261 e. The number of aromatic amines is 1. The van der Waals surface area contributed by atoms with E-state index in [-0.39, 0.29) is 16.9 Å². The highest BCUT2D eigenvalue weighted by atomic mass is 16.5. The predicted octanol–water partition coefficient (Wildman–Crippen LogP) is 4.83. The molecule has 0 saturated carbocycles. The molecule has 3 aromatic carbocycles. The minimum absolute atomic E-state index is 0.0365. The molecule has 178 valence electrons. The number of nitrogens with one attached hydrogen (secondary N) is 3. The van der Waals surface area contributed by atoms with E-state index in [1.807, 2.05) is 13.0 Å². The van der Waals surface area contributed by atoms with E-state index in [1.54, 1.807) is 67.6 Å². The first-order valence-electron chi connectivity index (χ1n) is 11.2. The van der Waals surface area contributed by atoms with Gasteiger partial charge in [-0.25, -0.2) is 0 Å². The Morgan fingerprint density at radius 2 is 1.37 bits per heavy atom. The van der Waals surface area contributed by atoms with E-state index in [4.69, 9.17) is 9.47 Å². The van der Waals surface area contributed by atoms with Gasteiger partial charge < -0.3 is 25.1 Å². The van der Waals surface area contributed by atoms with Gasteiger partial charge in [0, 0.05) is 34.8 Å². The van der Waals surface area contributed by atoms with Gasteiger partial charge in [0.05, 0.1) is 24.6 Å². The number of benzene rings is 3. The molecule has 0 fully saturated rings. The molecule has 4 rings (SSSR count). The number of hydrogen-bond donors (Lipinski definition) is 3. The molecular weight excluding hydrogens is 446 g/mol. The largest absolute Gasteiger partial charge is 0.492 e. The van der Waals surface area contributed by atoms with Crippen molar-refractivity contribution in [3.63, 3.8) is 0 Å². The molecule has 4 aromatic rings. The van der Waals surface area contributed by atoms with Crippen molar-refractivity contribution in [2.24, 2.45) is 0 Å². The number of amides is 2. The Morgan fingerprint density at radius 1 is 0.800 bits per heavy atom. The van der Waals surface area contributed by atoms with Gasteiger partial charge in [0.15, 0.2) is 0 Å². The highest BCUT2D eigenvalue weighted by Crippen LogP contribution is 2.37. The molecule has 0 atom stereocenters. The third-order valence-electron chi connectivity index (χ3n) is 5.25. The molecule has 0 aliphatic rings. The zero-order valence-electron chi connectivity index (χ0n) is 19.4. The maximum atomic E-state index is 13.1. The van der Waals surface area contributed by atoms with Crippen molar-refractivity contribution in [2.75, 3.05) is 23.8 Å². The lowest BCUT2D eigenvalue weighted by Gasteiger charge is -2.18. The van der Waals surface area contributed by atoms with Crippen LogP contribution in [0, 0.1) is 0 Å². The number of carbonyl (C=O) groups is 2. The Kier molecular flexibility index (Phi) is 7.11. The van der Waals surface area contributed by atoms with Crippen molar-refractivity contribution < 1.29 is 19.1 Å². The van der Waals surface area contributed by atoms with E-state index >= 15 is 0 Å². The average molecular weight is 472 g/mol. The molecule has 3 N–H and O–H groups in total. The van der Waals surface area contributed by atoms with Crippen LogP contribution in [0.1, 0.15) is 34.6 Å². The minimum Gasteiger partial charge on any atom is -0.492 e. The summed E-state index contributed by atoms with van der Waals surface area (Å²) in [6.45, 7) is 4.27. The molecule has 0 aliphatic heterocycles. The van der Waals surface area contributed by atoms with Gasteiger partial charge in [-0.1, -0.05) is 30.3 Å². The third kappa shape index (κ3) is 5.16. The van der Waals surface area contributed by atoms with Crippen molar-refractivity contribution in [1.82, 2.24) is 4.98 Å². The van der Waals surface area contributed by atoms with Crippen LogP contribution in [-0.2, 0) is 0 Å². The normalized spacial score (nSPS) is 10.6. The fourth-order valence-corrected chi connectivity index (χ4v) is 3.62. The molecule has 8 nitrogen and oxygen atoms in total. The van der Waals surface area contributed by atoms with E-state index < -0.39 is 5.91 Å². The summed E-state index contributed by atoms with van der Waals surface area (Å²) >= 11 is 0. The molecule has 2 amide bonds. The van der Waals surface area contributed by atoms with Crippen LogP contribution in [0.15, 0.2) is 77.7 Å². The molecule has 35 heavy (non-hydrogen) atoms. The van der Waals surface area contributed by atoms with Gasteiger partial charge in [0.1, 0.15) is 17.1 Å². The standard InChI is InChI=1S/C27H25N3O5/c1-3-34-23-15-22(30-27(33)19-16-28-20-13-9-8-12-18(20)25(19)31)24(35-4-2)14-21(23)29-26(32)17-10-6-5-7-11-17/h5-16H,3-4H2,1-2H3,(H,28,31)(H,29,32)(H,30,33). The molecule has 0 radical (unpaired) electrons. The number of H-pyrrole nitrogens is 1. The van der Waals surface area contributed by atoms with E-state index in [0.29, 0.717) is 52.6 Å². The lowest BCUT2D eigenvalue weighted by atomic mass is 10.1. The Bertz CT molecular complexity index is 1430. The molecule has 1 aromatic heterocycles. The first-order valence-corrected chi connectivity index (χ1v) is 11.2. The number of carbonyl (C=O) groups excluding carboxylic acids is 2. The van der Waals surface area contributed by atoms with E-state index in [1.165, 1.54) is 6.20 Å². The molecular formula is C27H25N3O5. The molecule has 0 aliphatic carbocycles. The van der Waals surface area contributed by atoms with Gasteiger partial charge in [0.25, 0.3) is 11.8 Å². The average Bonchev–Trinajstić information content (AvgIpc) is 2.87. The molecule has 0 bridgehead atoms. The van der Waals surface area contributed by atoms with Crippen LogP contribution in [0.25, 0.3) is 10.9 Å². The van der Waals surface area contributed by atoms with Gasteiger partial charge >= 0.3 is 0 Å². The molecule has 0 spiro atoms. The summed E-state index contributed by atoms with van der Waals surface area (Å²) in [5.74, 6) is -0.234. The SMILES string of the molecule is CCOc1cc(NC(=O)c2c[nH]c3ccccc3c2=O)c(OCC)cc1NC(=O)c1ccccc1. The van der Waals surface area contributed by atoms with Gasteiger partial charge in [-0.3, -0.25) is 14.4 Å². The number of para-hydroxylation sites is 1. The molecule has 1 heterocycles. The summed E-state index contributed by atoms with van der Waals surface area (Å²) in [5.41, 5.74) is 1.41. The Hall–Kier alpha value is -4.59. The van der Waals surface area contributed by atoms with E-state index in [2.05, 4.69) is 15.6 Å². The second-order valence-electron chi connectivity index (χ2n) is 7.56. The number of aromatic nitrogens is 1. The molecule has 0 saturated heterocycles. The highest BCUT2D eigenvalue weighted by molar-refractivity contribution is 6.08. The summed E-state index contributed by atoms with van der Waals surface area (Å²) in [7, 11) is 0. The van der Waals surface area contributed by atoms with Crippen molar-refractivity contribution in [2.45, 2.75) is 13.8 Å². The first-order chi connectivity index (χ1) is 17.0. The van der Waals surface area contributed by atoms with Crippen LogP contribution < -0.4 is 25.5 Å². The summed E-state index contributed by atoms with van der Waals surface area (Å²) in [6.07, 6.45) is 1.39. The topological polar surface area (TPSA) is 110 Å². The highest BCUT2D eigenvalue weighted by Gasteiger charge is 2.19. The summed E-state index contributed by atoms with van der Waals surface area (Å²) in [6, 6.07) is 18.9. The maximum Gasteiger partial charge on any atom is 0.261 e. The van der Waals surface area contributed by atoms with Crippen molar-refractivity contribution in [3.05, 3.63) is 94.3 Å². The third-order valence-corrected chi connectivity index (χ3v) is 5.25. The van der Waals surface area contributed by atoms with E-state index in [9.17, 15) is 14.4 Å². The van der Waals surface area contributed by atoms with Crippen LogP contribution in [0.2, 0.25) is 0 Å². The number of anilines is 2. The van der Waals surface area contributed by atoms with Gasteiger partial charge in [0.2, 0.25) is 5.43 Å². The minimum atomic E-state index is -0.596. The Balaban J connectivity index is 1.68. The summed E-state index contributed by atoms with van der Waals surface area (Å²) in [5, 5.41) is 6.01. The number of hydrogen-bond acceptors (Lipinski definition) is 5. The van der Waals surface area contributed by atoms with Gasteiger partial charge in [-0.05, 0) is 38.1 Å². The summed E-state index contributed by atoms with van der Waals surface area (Å²) < 4.78 is 11.5. The van der Waals surface area contributed by atoms with Crippen molar-refractivity contribution in [1.29, 1.82) is 0 Å². The van der Waals surface area contributed by atoms with Crippen molar-refractivity contribution in [3.8, 4) is 11.5 Å². The number of rotatable bonds is 8. The van der Waals surface area contributed by atoms with Crippen LogP contribution in [0.4, 0.5) is 11.4 Å². The van der Waals surface area contributed by atoms with E-state index in [0.717, 1.165) is 0 Å². The zero-order valence-corrected chi connectivity index (χ0v) is 19.4. The van der Waals surface area contributed by atoms with Crippen LogP contribution in [0.3, 0.4) is 0 Å². The van der Waals surface area contributed by atoms with Gasteiger partial charge in [-0.2, -0.15) is 0 Å². The molecule has 8 heteroatoms.